The Hall–Kier alpha value is -1.16. The second-order valence-electron chi connectivity index (χ2n) is 5.28. The third-order valence-electron chi connectivity index (χ3n) is 4.50. The molecule has 0 radical (unpaired) electrons. The van der Waals surface area contributed by atoms with E-state index in [9.17, 15) is 0 Å². The molecule has 0 fully saturated rings. The van der Waals surface area contributed by atoms with Gasteiger partial charge in [-0.2, -0.15) is 11.3 Å². The molecule has 108 valence electrons. The van der Waals surface area contributed by atoms with Crippen LogP contribution in [0.3, 0.4) is 0 Å². The number of hydrazine groups is 1. The Kier molecular flexibility index (Phi) is 5.35. The van der Waals surface area contributed by atoms with E-state index in [-0.39, 0.29) is 11.5 Å². The van der Waals surface area contributed by atoms with Crippen LogP contribution in [0.5, 0.6) is 0 Å². The monoisotopic (exact) mass is 288 g/mol. The number of benzene rings is 1. The summed E-state index contributed by atoms with van der Waals surface area (Å²) in [6.07, 6.45) is 3.12. The van der Waals surface area contributed by atoms with Crippen LogP contribution in [0.1, 0.15) is 37.8 Å². The predicted molar refractivity (Wildman–Crippen MR) is 87.8 cm³/mol. The van der Waals surface area contributed by atoms with Gasteiger partial charge in [0.05, 0.1) is 0 Å². The lowest BCUT2D eigenvalue weighted by Crippen LogP contribution is -2.52. The first-order chi connectivity index (χ1) is 9.76. The minimum atomic E-state index is 0.0813. The van der Waals surface area contributed by atoms with E-state index in [4.69, 9.17) is 5.84 Å². The molecule has 1 aromatic carbocycles. The number of nitrogens with two attached hydrogens (primary N) is 1. The van der Waals surface area contributed by atoms with Gasteiger partial charge < -0.3 is 0 Å². The number of hydrogen-bond acceptors (Lipinski definition) is 3. The van der Waals surface area contributed by atoms with Crippen molar-refractivity contribution < 1.29 is 0 Å². The maximum absolute atomic E-state index is 5.92. The smallest absolute Gasteiger partial charge is 0.0347 e. The summed E-state index contributed by atoms with van der Waals surface area (Å²) in [5.74, 6) is 5.92. The van der Waals surface area contributed by atoms with Crippen molar-refractivity contribution in [2.45, 2.75) is 44.6 Å². The minimum Gasteiger partial charge on any atom is -0.271 e. The van der Waals surface area contributed by atoms with Crippen LogP contribution in [0, 0.1) is 0 Å². The van der Waals surface area contributed by atoms with Crippen molar-refractivity contribution in [2.24, 2.45) is 5.84 Å². The predicted octanol–water partition coefficient (Wildman–Crippen LogP) is 3.88. The summed E-state index contributed by atoms with van der Waals surface area (Å²) < 4.78 is 0. The average Bonchev–Trinajstić information content (AvgIpc) is 3.02. The molecule has 20 heavy (non-hydrogen) atoms. The molecular weight excluding hydrogens is 264 g/mol. The van der Waals surface area contributed by atoms with Crippen molar-refractivity contribution in [1.29, 1.82) is 0 Å². The molecule has 0 saturated carbocycles. The maximum atomic E-state index is 5.92. The summed E-state index contributed by atoms with van der Waals surface area (Å²) in [4.78, 5) is 0. The highest BCUT2D eigenvalue weighted by atomic mass is 32.1. The van der Waals surface area contributed by atoms with Gasteiger partial charge >= 0.3 is 0 Å². The second kappa shape index (κ2) is 7.02. The zero-order chi connectivity index (χ0) is 14.4. The molecule has 0 aliphatic carbocycles. The number of thiophene rings is 1. The van der Waals surface area contributed by atoms with Gasteiger partial charge in [-0.3, -0.25) is 11.3 Å². The fourth-order valence-corrected chi connectivity index (χ4v) is 3.86. The first-order valence-electron chi connectivity index (χ1n) is 7.29. The third kappa shape index (κ3) is 2.95. The molecule has 2 aromatic rings. The number of rotatable bonds is 7. The van der Waals surface area contributed by atoms with Crippen LogP contribution in [0.2, 0.25) is 0 Å². The van der Waals surface area contributed by atoms with E-state index in [1.54, 1.807) is 11.3 Å². The van der Waals surface area contributed by atoms with Gasteiger partial charge in [-0.05, 0) is 47.2 Å². The lowest BCUT2D eigenvalue weighted by molar-refractivity contribution is 0.271. The highest BCUT2D eigenvalue weighted by molar-refractivity contribution is 7.07. The summed E-state index contributed by atoms with van der Waals surface area (Å²) in [5, 5.41) is 4.34. The van der Waals surface area contributed by atoms with Gasteiger partial charge in [-0.1, -0.05) is 44.2 Å². The zero-order valence-corrected chi connectivity index (χ0v) is 13.1. The summed E-state index contributed by atoms with van der Waals surface area (Å²) in [6.45, 7) is 4.52. The molecule has 2 rings (SSSR count). The largest absolute Gasteiger partial charge is 0.271 e. The molecule has 0 saturated heterocycles. The fourth-order valence-electron chi connectivity index (χ4n) is 3.18. The van der Waals surface area contributed by atoms with Crippen LogP contribution in [-0.4, -0.2) is 6.04 Å². The molecule has 2 nitrogen and oxygen atoms in total. The fraction of sp³-hybridized carbons (Fsp3) is 0.412. The van der Waals surface area contributed by atoms with Crippen LogP contribution in [0.25, 0.3) is 0 Å². The average molecular weight is 288 g/mol. The maximum Gasteiger partial charge on any atom is 0.0347 e. The van der Waals surface area contributed by atoms with Crippen molar-refractivity contribution in [3.05, 3.63) is 58.3 Å². The van der Waals surface area contributed by atoms with E-state index < -0.39 is 0 Å². The van der Waals surface area contributed by atoms with E-state index in [0.29, 0.717) is 0 Å². The Labute approximate surface area is 126 Å². The first-order valence-corrected chi connectivity index (χ1v) is 8.23. The quantitative estimate of drug-likeness (QED) is 0.599. The molecule has 1 atom stereocenters. The molecule has 0 aliphatic rings. The van der Waals surface area contributed by atoms with E-state index in [1.807, 2.05) is 0 Å². The van der Waals surface area contributed by atoms with Crippen molar-refractivity contribution in [2.75, 3.05) is 0 Å². The van der Waals surface area contributed by atoms with Crippen LogP contribution in [-0.2, 0) is 11.8 Å². The lowest BCUT2D eigenvalue weighted by Gasteiger charge is -2.40. The van der Waals surface area contributed by atoms with Gasteiger partial charge in [0, 0.05) is 11.5 Å². The van der Waals surface area contributed by atoms with Crippen LogP contribution in [0.15, 0.2) is 47.2 Å². The SMILES string of the molecule is CCC(CC)(c1ccccc1)C(Cc1ccsc1)NN. The van der Waals surface area contributed by atoms with E-state index in [1.165, 1.54) is 11.1 Å². The molecular formula is C17H24N2S. The molecule has 0 amide bonds. The highest BCUT2D eigenvalue weighted by Crippen LogP contribution is 2.36. The summed E-state index contributed by atoms with van der Waals surface area (Å²) in [5.41, 5.74) is 5.91. The van der Waals surface area contributed by atoms with E-state index >= 15 is 0 Å². The lowest BCUT2D eigenvalue weighted by atomic mass is 9.69. The van der Waals surface area contributed by atoms with Gasteiger partial charge in [0.1, 0.15) is 0 Å². The molecule has 3 N–H and O–H groups in total. The highest BCUT2D eigenvalue weighted by Gasteiger charge is 2.36. The van der Waals surface area contributed by atoms with Crippen molar-refractivity contribution in [1.82, 2.24) is 5.43 Å². The Morgan fingerprint density at radius 2 is 1.85 bits per heavy atom. The van der Waals surface area contributed by atoms with Gasteiger partial charge in [0.2, 0.25) is 0 Å². The zero-order valence-electron chi connectivity index (χ0n) is 12.3. The van der Waals surface area contributed by atoms with Gasteiger partial charge in [-0.25, -0.2) is 0 Å². The summed E-state index contributed by atoms with van der Waals surface area (Å²) >= 11 is 1.75. The van der Waals surface area contributed by atoms with Crippen molar-refractivity contribution in [3.8, 4) is 0 Å². The van der Waals surface area contributed by atoms with Crippen molar-refractivity contribution >= 4 is 11.3 Å². The van der Waals surface area contributed by atoms with Crippen molar-refractivity contribution in [3.63, 3.8) is 0 Å². The normalized spacial score (nSPS) is 13.3. The standard InChI is InChI=1S/C17H24N2S/c1-3-17(4-2,15-8-6-5-7-9-15)16(19-18)12-14-10-11-20-13-14/h5-11,13,16,19H,3-4,12,18H2,1-2H3. The molecule has 1 heterocycles. The summed E-state index contributed by atoms with van der Waals surface area (Å²) in [7, 11) is 0. The molecule has 1 unspecified atom stereocenters. The van der Waals surface area contributed by atoms with E-state index in [0.717, 1.165) is 19.3 Å². The molecule has 0 aliphatic heterocycles. The van der Waals surface area contributed by atoms with Crippen LogP contribution < -0.4 is 11.3 Å². The minimum absolute atomic E-state index is 0.0813. The molecule has 0 bridgehead atoms. The Morgan fingerprint density at radius 3 is 2.35 bits per heavy atom. The topological polar surface area (TPSA) is 38.0 Å². The first kappa shape index (κ1) is 15.2. The molecule has 1 aromatic heterocycles. The molecule has 3 heteroatoms. The summed E-state index contributed by atoms with van der Waals surface area (Å²) in [6, 6.07) is 13.2. The van der Waals surface area contributed by atoms with E-state index in [2.05, 4.69) is 66.4 Å². The number of hydrogen-bond donors (Lipinski definition) is 2. The molecule has 0 spiro atoms. The van der Waals surface area contributed by atoms with Crippen LogP contribution >= 0.6 is 11.3 Å². The third-order valence-corrected chi connectivity index (χ3v) is 5.23. The van der Waals surface area contributed by atoms with Gasteiger partial charge in [0.15, 0.2) is 0 Å². The van der Waals surface area contributed by atoms with Crippen LogP contribution in [0.4, 0.5) is 0 Å². The van der Waals surface area contributed by atoms with Gasteiger partial charge in [-0.15, -0.1) is 0 Å². The Morgan fingerprint density at radius 1 is 1.15 bits per heavy atom. The Bertz CT molecular complexity index is 489. The number of nitrogens with one attached hydrogen (secondary N) is 1. The Balaban J connectivity index is 2.34. The second-order valence-corrected chi connectivity index (χ2v) is 6.06. The van der Waals surface area contributed by atoms with Gasteiger partial charge in [0.25, 0.3) is 0 Å².